The van der Waals surface area contributed by atoms with Crippen molar-refractivity contribution in [2.24, 2.45) is 0 Å². The van der Waals surface area contributed by atoms with Crippen LogP contribution in [-0.2, 0) is 17.8 Å². The summed E-state index contributed by atoms with van der Waals surface area (Å²) in [6.07, 6.45) is 1.08. The van der Waals surface area contributed by atoms with Crippen LogP contribution in [0.4, 0.5) is 0 Å². The molecule has 0 amide bonds. The normalized spacial score (nSPS) is 12.5. The molecule has 0 bridgehead atoms. The van der Waals surface area contributed by atoms with Gasteiger partial charge in [-0.2, -0.15) is 0 Å². The highest BCUT2D eigenvalue weighted by atomic mass is 16.5. The van der Waals surface area contributed by atoms with Crippen molar-refractivity contribution in [3.05, 3.63) is 29.3 Å². The highest BCUT2D eigenvalue weighted by Crippen LogP contribution is 2.21. The molecule has 1 N–H and O–H groups in total. The van der Waals surface area contributed by atoms with E-state index in [1.165, 1.54) is 11.1 Å². The largest absolute Gasteiger partial charge is 0.496 e. The first-order chi connectivity index (χ1) is 8.97. The zero-order valence-corrected chi connectivity index (χ0v) is 12.1. The van der Waals surface area contributed by atoms with E-state index in [0.29, 0.717) is 0 Å². The number of nitrogens with zero attached hydrogens (tertiary/aromatic N) is 1. The summed E-state index contributed by atoms with van der Waals surface area (Å²) in [5.74, 6) is 0.149. The van der Waals surface area contributed by atoms with E-state index in [1.54, 1.807) is 7.11 Å². The van der Waals surface area contributed by atoms with Crippen molar-refractivity contribution >= 4 is 5.97 Å². The number of aryl methyl sites for hydroxylation is 1. The molecule has 0 saturated carbocycles. The van der Waals surface area contributed by atoms with Crippen molar-refractivity contribution < 1.29 is 14.6 Å². The summed E-state index contributed by atoms with van der Waals surface area (Å²) >= 11 is 0. The number of aliphatic carboxylic acids is 1. The fourth-order valence-corrected chi connectivity index (χ4v) is 2.06. The molecule has 0 fully saturated rings. The zero-order valence-electron chi connectivity index (χ0n) is 12.1. The van der Waals surface area contributed by atoms with Crippen LogP contribution in [0.1, 0.15) is 31.4 Å². The van der Waals surface area contributed by atoms with Crippen LogP contribution in [-0.4, -0.2) is 36.2 Å². The van der Waals surface area contributed by atoms with Crippen LogP contribution in [0.25, 0.3) is 0 Å². The molecular weight excluding hydrogens is 242 g/mol. The van der Waals surface area contributed by atoms with Gasteiger partial charge in [-0.25, -0.2) is 0 Å². The van der Waals surface area contributed by atoms with Crippen LogP contribution in [0.3, 0.4) is 0 Å². The lowest BCUT2D eigenvalue weighted by Crippen LogP contribution is -2.30. The summed E-state index contributed by atoms with van der Waals surface area (Å²) in [5.41, 5.74) is 2.36. The smallest absolute Gasteiger partial charge is 0.304 e. The van der Waals surface area contributed by atoms with E-state index < -0.39 is 5.97 Å². The van der Waals surface area contributed by atoms with Crippen molar-refractivity contribution in [3.8, 4) is 5.75 Å². The number of benzene rings is 1. The van der Waals surface area contributed by atoms with Crippen LogP contribution in [0.15, 0.2) is 18.2 Å². The van der Waals surface area contributed by atoms with Gasteiger partial charge >= 0.3 is 5.97 Å². The highest BCUT2D eigenvalue weighted by Gasteiger charge is 2.13. The maximum absolute atomic E-state index is 10.7. The monoisotopic (exact) mass is 265 g/mol. The van der Waals surface area contributed by atoms with Gasteiger partial charge in [-0.3, -0.25) is 9.69 Å². The molecule has 4 nitrogen and oxygen atoms in total. The molecule has 1 unspecified atom stereocenters. The summed E-state index contributed by atoms with van der Waals surface area (Å²) in [7, 11) is 3.62. The predicted molar refractivity (Wildman–Crippen MR) is 75.6 cm³/mol. The maximum Gasteiger partial charge on any atom is 0.304 e. The number of hydrogen-bond donors (Lipinski definition) is 1. The first kappa shape index (κ1) is 15.5. The van der Waals surface area contributed by atoms with Crippen LogP contribution < -0.4 is 4.74 Å². The Hall–Kier alpha value is -1.55. The first-order valence-electron chi connectivity index (χ1n) is 6.55. The Kier molecular flexibility index (Phi) is 5.83. The molecule has 1 atom stereocenters. The Balaban J connectivity index is 2.73. The number of ether oxygens (including phenoxy) is 1. The quantitative estimate of drug-likeness (QED) is 0.823. The van der Waals surface area contributed by atoms with Gasteiger partial charge in [-0.05, 0) is 37.6 Å². The molecule has 0 aromatic heterocycles. The van der Waals surface area contributed by atoms with Crippen LogP contribution in [0, 0.1) is 0 Å². The molecule has 0 heterocycles. The lowest BCUT2D eigenvalue weighted by Gasteiger charge is -2.23. The molecule has 106 valence electrons. The lowest BCUT2D eigenvalue weighted by atomic mass is 10.1. The van der Waals surface area contributed by atoms with Gasteiger partial charge < -0.3 is 9.84 Å². The molecule has 1 aromatic rings. The van der Waals surface area contributed by atoms with Gasteiger partial charge in [0.2, 0.25) is 0 Å². The second-order valence-corrected chi connectivity index (χ2v) is 4.86. The molecule has 0 aliphatic heterocycles. The first-order valence-corrected chi connectivity index (χ1v) is 6.55. The average molecular weight is 265 g/mol. The SMILES string of the molecule is CCc1cc(CN(C)C(C)CC(=O)O)ccc1OC. The summed E-state index contributed by atoms with van der Waals surface area (Å²) in [4.78, 5) is 12.8. The third-order valence-corrected chi connectivity index (χ3v) is 3.38. The van der Waals surface area contributed by atoms with Crippen LogP contribution >= 0.6 is 0 Å². The predicted octanol–water partition coefficient (Wildman–Crippen LogP) is 2.55. The summed E-state index contributed by atoms with van der Waals surface area (Å²) < 4.78 is 5.30. The Morgan fingerprint density at radius 1 is 1.47 bits per heavy atom. The van der Waals surface area contributed by atoms with E-state index in [-0.39, 0.29) is 12.5 Å². The summed E-state index contributed by atoms with van der Waals surface area (Å²) in [6.45, 7) is 4.77. The minimum absolute atomic E-state index is 0.0182. The van der Waals surface area contributed by atoms with E-state index in [1.807, 2.05) is 26.1 Å². The van der Waals surface area contributed by atoms with Crippen molar-refractivity contribution in [1.29, 1.82) is 0 Å². The molecule has 0 spiro atoms. The van der Waals surface area contributed by atoms with Gasteiger partial charge in [0.15, 0.2) is 0 Å². The maximum atomic E-state index is 10.7. The molecule has 0 aliphatic rings. The van der Waals surface area contributed by atoms with Gasteiger partial charge in [-0.15, -0.1) is 0 Å². The molecule has 1 rings (SSSR count). The highest BCUT2D eigenvalue weighted by molar-refractivity contribution is 5.67. The van der Waals surface area contributed by atoms with E-state index in [0.717, 1.165) is 18.7 Å². The Morgan fingerprint density at radius 3 is 2.68 bits per heavy atom. The van der Waals surface area contributed by atoms with E-state index in [4.69, 9.17) is 9.84 Å². The van der Waals surface area contributed by atoms with Gasteiger partial charge in [-0.1, -0.05) is 19.1 Å². The fraction of sp³-hybridized carbons (Fsp3) is 0.533. The summed E-state index contributed by atoms with van der Waals surface area (Å²) in [6, 6.07) is 6.15. The van der Waals surface area contributed by atoms with E-state index >= 15 is 0 Å². The van der Waals surface area contributed by atoms with Crippen molar-refractivity contribution in [3.63, 3.8) is 0 Å². The topological polar surface area (TPSA) is 49.8 Å². The minimum Gasteiger partial charge on any atom is -0.496 e. The molecule has 0 aliphatic carbocycles. The number of hydrogen-bond acceptors (Lipinski definition) is 3. The second-order valence-electron chi connectivity index (χ2n) is 4.86. The third-order valence-electron chi connectivity index (χ3n) is 3.38. The second kappa shape index (κ2) is 7.14. The molecular formula is C15H23NO3. The van der Waals surface area contributed by atoms with Gasteiger partial charge in [0.1, 0.15) is 5.75 Å². The van der Waals surface area contributed by atoms with Gasteiger partial charge in [0.25, 0.3) is 0 Å². The summed E-state index contributed by atoms with van der Waals surface area (Å²) in [5, 5.41) is 8.81. The number of carbonyl (C=O) groups is 1. The number of carboxylic acid groups (broad SMARTS) is 1. The molecule has 4 heteroatoms. The molecule has 1 aromatic carbocycles. The van der Waals surface area contributed by atoms with Gasteiger partial charge in [0.05, 0.1) is 13.5 Å². The van der Waals surface area contributed by atoms with Crippen molar-refractivity contribution in [2.75, 3.05) is 14.2 Å². The van der Waals surface area contributed by atoms with Crippen LogP contribution in [0.2, 0.25) is 0 Å². The molecule has 0 radical (unpaired) electrons. The van der Waals surface area contributed by atoms with Gasteiger partial charge in [0, 0.05) is 12.6 Å². The Morgan fingerprint density at radius 2 is 2.16 bits per heavy atom. The Bertz CT molecular complexity index is 431. The lowest BCUT2D eigenvalue weighted by molar-refractivity contribution is -0.138. The average Bonchev–Trinajstić information content (AvgIpc) is 2.37. The minimum atomic E-state index is -0.761. The zero-order chi connectivity index (χ0) is 14.4. The Labute approximate surface area is 115 Å². The molecule has 19 heavy (non-hydrogen) atoms. The van der Waals surface area contributed by atoms with Crippen molar-refractivity contribution in [1.82, 2.24) is 4.90 Å². The number of rotatable bonds is 7. The molecule has 0 saturated heterocycles. The number of carboxylic acids is 1. The fourth-order valence-electron chi connectivity index (χ4n) is 2.06. The van der Waals surface area contributed by atoms with E-state index in [2.05, 4.69) is 17.9 Å². The van der Waals surface area contributed by atoms with Crippen LogP contribution in [0.5, 0.6) is 5.75 Å². The number of methoxy groups -OCH3 is 1. The standard InChI is InChI=1S/C15H23NO3/c1-5-13-9-12(6-7-14(13)19-4)10-16(3)11(2)8-15(17)18/h6-7,9,11H,5,8,10H2,1-4H3,(H,17,18). The third kappa shape index (κ3) is 4.56. The van der Waals surface area contributed by atoms with E-state index in [9.17, 15) is 4.79 Å². The van der Waals surface area contributed by atoms with Crippen molar-refractivity contribution in [2.45, 2.75) is 39.3 Å².